The summed E-state index contributed by atoms with van der Waals surface area (Å²) in [5.74, 6) is 0.222. The number of carbonyl (C=O) groups excluding carboxylic acids is 1. The number of fused-ring (bicyclic) bond motifs is 1. The minimum atomic E-state index is -4.59. The average Bonchev–Trinajstić information content (AvgIpc) is 3.50. The van der Waals surface area contributed by atoms with E-state index in [-0.39, 0.29) is 37.1 Å². The van der Waals surface area contributed by atoms with Crippen molar-refractivity contribution in [1.29, 1.82) is 0 Å². The molecule has 0 saturated carbocycles. The summed E-state index contributed by atoms with van der Waals surface area (Å²) in [6.07, 6.45) is -0.666. The van der Waals surface area contributed by atoms with Crippen molar-refractivity contribution in [3.8, 4) is 11.3 Å². The molecular formula is C27H36F3N6O4S-. The monoisotopic (exact) mass is 597 g/mol. The second kappa shape index (κ2) is 11.6. The first-order chi connectivity index (χ1) is 19.3. The van der Waals surface area contributed by atoms with Crippen LogP contribution in [0.15, 0.2) is 18.2 Å². The molecule has 226 valence electrons. The molecule has 0 bridgehead atoms. The molecule has 1 amide bonds. The number of aliphatic hydroxyl groups excluding tert-OH is 1. The number of nitrogens with zero attached hydrogens (tertiary/aromatic N) is 5. The second-order valence-corrected chi connectivity index (χ2v) is 13.2. The summed E-state index contributed by atoms with van der Waals surface area (Å²) in [6.45, 7) is 2.60. The SMILES string of the molecule is CS(=O)(=O)N1CCc2c(c(-c3ccc(C(F)(F)F)c(C[NH-])c3)nn2CC(O)CN2CCC(N3CCCC3=O)CC2)C1. The third kappa shape index (κ3) is 6.46. The first-order valence-electron chi connectivity index (χ1n) is 13.9. The maximum absolute atomic E-state index is 13.5. The van der Waals surface area contributed by atoms with E-state index in [1.54, 1.807) is 4.68 Å². The largest absolute Gasteiger partial charge is 0.674 e. The summed E-state index contributed by atoms with van der Waals surface area (Å²) >= 11 is 0. The van der Waals surface area contributed by atoms with Crippen LogP contribution in [0.25, 0.3) is 17.0 Å². The van der Waals surface area contributed by atoms with Crippen LogP contribution in [0.5, 0.6) is 0 Å². The highest BCUT2D eigenvalue weighted by atomic mass is 32.2. The maximum Gasteiger partial charge on any atom is 0.416 e. The number of hydrogen-bond donors (Lipinski definition) is 1. The highest BCUT2D eigenvalue weighted by Crippen LogP contribution is 2.37. The number of aliphatic hydroxyl groups is 1. The molecule has 1 aromatic carbocycles. The lowest BCUT2D eigenvalue weighted by Gasteiger charge is -2.37. The number of carbonyl (C=O) groups is 1. The normalized spacial score (nSPS) is 20.5. The Labute approximate surface area is 237 Å². The highest BCUT2D eigenvalue weighted by Gasteiger charge is 2.35. The Hall–Kier alpha value is -2.52. The fourth-order valence-corrected chi connectivity index (χ4v) is 7.11. The minimum absolute atomic E-state index is 0.0273. The van der Waals surface area contributed by atoms with Crippen molar-refractivity contribution >= 4 is 15.9 Å². The standard InChI is InChI=1S/C27H36F3N6O4S/c1-41(39,40)34-12-8-24-22(17-34)26(18-4-5-23(27(28,29)30)19(13-18)14-31)32-36(24)16-21(37)15-33-10-6-20(7-11-33)35-9-2-3-25(35)38/h4-5,13,20-21,31,37H,2-3,6-12,14-17H2,1H3/q-1. The molecule has 2 N–H and O–H groups in total. The summed E-state index contributed by atoms with van der Waals surface area (Å²) in [5, 5.41) is 15.7. The van der Waals surface area contributed by atoms with Crippen molar-refractivity contribution in [3.63, 3.8) is 0 Å². The van der Waals surface area contributed by atoms with Crippen molar-refractivity contribution in [2.75, 3.05) is 39.0 Å². The Morgan fingerprint density at radius 3 is 2.46 bits per heavy atom. The van der Waals surface area contributed by atoms with Gasteiger partial charge in [0.1, 0.15) is 0 Å². The number of alkyl halides is 3. The molecule has 0 radical (unpaired) electrons. The molecule has 0 aliphatic carbocycles. The molecule has 2 saturated heterocycles. The summed E-state index contributed by atoms with van der Waals surface area (Å²) in [6, 6.07) is 3.79. The fraction of sp³-hybridized carbons (Fsp3) is 0.630. The molecule has 2 aromatic rings. The zero-order valence-corrected chi connectivity index (χ0v) is 23.8. The molecule has 41 heavy (non-hydrogen) atoms. The van der Waals surface area contributed by atoms with Gasteiger partial charge in [0, 0.05) is 75.0 Å². The number of benzene rings is 1. The summed E-state index contributed by atoms with van der Waals surface area (Å²) in [5.41, 5.74) is 8.66. The van der Waals surface area contributed by atoms with E-state index in [2.05, 4.69) is 10.00 Å². The summed E-state index contributed by atoms with van der Waals surface area (Å²) in [4.78, 5) is 16.2. The van der Waals surface area contributed by atoms with Gasteiger partial charge in [-0.25, -0.2) is 8.42 Å². The average molecular weight is 598 g/mol. The molecule has 14 heteroatoms. The molecule has 2 fully saturated rings. The van der Waals surface area contributed by atoms with Crippen LogP contribution in [0, 0.1) is 0 Å². The van der Waals surface area contributed by atoms with Crippen molar-refractivity contribution < 1.29 is 31.5 Å². The highest BCUT2D eigenvalue weighted by molar-refractivity contribution is 7.88. The Morgan fingerprint density at radius 1 is 1.12 bits per heavy atom. The van der Waals surface area contributed by atoms with Gasteiger partial charge in [-0.05, 0) is 25.3 Å². The van der Waals surface area contributed by atoms with E-state index in [0.717, 1.165) is 56.9 Å². The quantitative estimate of drug-likeness (QED) is 0.500. The van der Waals surface area contributed by atoms with Crippen molar-refractivity contribution in [3.05, 3.63) is 46.3 Å². The van der Waals surface area contributed by atoms with Crippen LogP contribution >= 0.6 is 0 Å². The van der Waals surface area contributed by atoms with Gasteiger partial charge < -0.3 is 20.6 Å². The van der Waals surface area contributed by atoms with Crippen molar-refractivity contribution in [2.45, 2.75) is 70.1 Å². The number of hydrogen-bond acceptors (Lipinski definition) is 6. The van der Waals surface area contributed by atoms with Gasteiger partial charge in [0.25, 0.3) is 0 Å². The number of nitrogens with one attached hydrogen (secondary N) is 1. The first-order valence-corrected chi connectivity index (χ1v) is 15.8. The minimum Gasteiger partial charge on any atom is -0.674 e. The van der Waals surface area contributed by atoms with Crippen molar-refractivity contribution in [2.24, 2.45) is 0 Å². The Bertz CT molecular complexity index is 1390. The van der Waals surface area contributed by atoms with Crippen LogP contribution in [0.3, 0.4) is 0 Å². The predicted molar refractivity (Wildman–Crippen MR) is 146 cm³/mol. The van der Waals surface area contributed by atoms with E-state index in [4.69, 9.17) is 5.73 Å². The van der Waals surface area contributed by atoms with Crippen molar-refractivity contribution in [1.82, 2.24) is 23.9 Å². The lowest BCUT2D eigenvalue weighted by atomic mass is 9.97. The lowest BCUT2D eigenvalue weighted by molar-refractivity contribution is -0.138. The van der Waals surface area contributed by atoms with Crippen LogP contribution < -0.4 is 0 Å². The zero-order valence-electron chi connectivity index (χ0n) is 23.0. The smallest absolute Gasteiger partial charge is 0.416 e. The predicted octanol–water partition coefficient (Wildman–Crippen LogP) is 2.89. The van der Waals surface area contributed by atoms with Gasteiger partial charge in [0.15, 0.2) is 0 Å². The molecule has 10 nitrogen and oxygen atoms in total. The second-order valence-electron chi connectivity index (χ2n) is 11.2. The number of aromatic nitrogens is 2. The molecular weight excluding hydrogens is 561 g/mol. The van der Waals surface area contributed by atoms with E-state index >= 15 is 0 Å². The van der Waals surface area contributed by atoms with Gasteiger partial charge in [0.05, 0.1) is 30.2 Å². The van der Waals surface area contributed by atoms with E-state index < -0.39 is 34.4 Å². The van der Waals surface area contributed by atoms with Crippen LogP contribution in [-0.4, -0.2) is 94.4 Å². The first kappa shape index (κ1) is 30.0. The fourth-order valence-electron chi connectivity index (χ4n) is 6.32. The number of amides is 1. The topological polar surface area (TPSA) is 123 Å². The van der Waals surface area contributed by atoms with Crippen LogP contribution in [0.4, 0.5) is 13.2 Å². The van der Waals surface area contributed by atoms with Crippen LogP contribution in [0.1, 0.15) is 48.1 Å². The van der Waals surface area contributed by atoms with Gasteiger partial charge >= 0.3 is 6.18 Å². The Morgan fingerprint density at radius 2 is 1.85 bits per heavy atom. The van der Waals surface area contributed by atoms with Crippen LogP contribution in [0.2, 0.25) is 0 Å². The summed E-state index contributed by atoms with van der Waals surface area (Å²) in [7, 11) is -3.52. The third-order valence-corrected chi connectivity index (χ3v) is 9.65. The Kier molecular flexibility index (Phi) is 8.50. The molecule has 3 aliphatic rings. The van der Waals surface area contributed by atoms with E-state index in [9.17, 15) is 31.5 Å². The van der Waals surface area contributed by atoms with Crippen LogP contribution in [-0.2, 0) is 47.0 Å². The number of sulfonamides is 1. The zero-order chi connectivity index (χ0) is 29.5. The number of halogens is 3. The number of β-amino-alcohol motifs (C(OH)–C–C–N with tert-alkyl or cyclic N) is 1. The van der Waals surface area contributed by atoms with Gasteiger partial charge in [0.2, 0.25) is 15.9 Å². The molecule has 1 aromatic heterocycles. The maximum atomic E-state index is 13.5. The molecule has 1 atom stereocenters. The molecule has 3 aliphatic heterocycles. The molecule has 4 heterocycles. The molecule has 1 unspecified atom stereocenters. The van der Waals surface area contributed by atoms with Gasteiger partial charge in [-0.3, -0.25) is 9.48 Å². The van der Waals surface area contributed by atoms with E-state index in [1.807, 2.05) is 4.90 Å². The molecule has 5 rings (SSSR count). The third-order valence-electron chi connectivity index (χ3n) is 8.40. The lowest BCUT2D eigenvalue weighted by Crippen LogP contribution is -2.47. The Balaban J connectivity index is 1.35. The number of likely N-dealkylation sites (tertiary alicyclic amines) is 2. The number of piperidine rings is 1. The number of rotatable bonds is 8. The van der Waals surface area contributed by atoms with E-state index in [1.165, 1.54) is 16.4 Å². The molecule has 0 spiro atoms. The van der Waals surface area contributed by atoms with Gasteiger partial charge in [-0.15, -0.1) is 6.54 Å². The van der Waals surface area contributed by atoms with E-state index in [0.29, 0.717) is 36.2 Å². The van der Waals surface area contributed by atoms with Gasteiger partial charge in [-0.2, -0.15) is 22.6 Å². The summed E-state index contributed by atoms with van der Waals surface area (Å²) < 4.78 is 68.0. The van der Waals surface area contributed by atoms with Gasteiger partial charge in [-0.1, -0.05) is 17.7 Å².